The summed E-state index contributed by atoms with van der Waals surface area (Å²) in [4.78, 5) is 25.6. The van der Waals surface area contributed by atoms with E-state index in [1.807, 2.05) is 54.6 Å². The monoisotopic (exact) mass is 595 g/mol. The van der Waals surface area contributed by atoms with Gasteiger partial charge in [0.25, 0.3) is 5.56 Å². The average molecular weight is 596 g/mol. The van der Waals surface area contributed by atoms with Crippen LogP contribution in [-0.4, -0.2) is 20.8 Å². The fourth-order valence-corrected chi connectivity index (χ4v) is 4.25. The van der Waals surface area contributed by atoms with Crippen molar-refractivity contribution >= 4 is 29.1 Å². The van der Waals surface area contributed by atoms with E-state index in [1.165, 1.54) is 10.9 Å². The second-order valence-electron chi connectivity index (χ2n) is 7.83. The van der Waals surface area contributed by atoms with Gasteiger partial charge in [-0.1, -0.05) is 89.4 Å². The fourth-order valence-electron chi connectivity index (χ4n) is 3.68. The van der Waals surface area contributed by atoms with E-state index < -0.39 is 0 Å². The second kappa shape index (κ2) is 13.3. The van der Waals surface area contributed by atoms with E-state index in [0.29, 0.717) is 29.7 Å². The zero-order valence-electron chi connectivity index (χ0n) is 19.2. The predicted molar refractivity (Wildman–Crippen MR) is 137 cm³/mol. The van der Waals surface area contributed by atoms with Crippen molar-refractivity contribution in [2.75, 3.05) is 0 Å². The molecule has 4 aromatic rings. The third-order valence-corrected chi connectivity index (χ3v) is 6.10. The minimum Gasteiger partial charge on any atom is -0.501 e. The molecule has 4 rings (SSSR count). The Morgan fingerprint density at radius 2 is 1.61 bits per heavy atom. The molecule has 0 saturated heterocycles. The van der Waals surface area contributed by atoms with E-state index >= 15 is 0 Å². The van der Waals surface area contributed by atoms with Crippen molar-refractivity contribution in [3.63, 3.8) is 0 Å². The molecule has 0 aliphatic rings. The van der Waals surface area contributed by atoms with E-state index in [9.17, 15) is 14.7 Å². The molecule has 0 unspecified atom stereocenters. The molecule has 0 fully saturated rings. The first kappa shape index (κ1) is 28.2. The standard InChI is InChI=1S/C27H22Cl2N3O3.Y/c28-22-7-4-8-23(29)25(22)26(34)30-14-13-18-9-11-20(12-10-18)24-21(17-33)15-31-32(27(24)35)16-19-5-2-1-3-6-19;/h1-12,14-15,33H,13,16-17H2,(H,30,34);/q-1;. The first-order valence-electron chi connectivity index (χ1n) is 10.9. The first-order valence-corrected chi connectivity index (χ1v) is 11.6. The van der Waals surface area contributed by atoms with Crippen LogP contribution in [0.3, 0.4) is 0 Å². The van der Waals surface area contributed by atoms with Crippen LogP contribution in [0.2, 0.25) is 10.0 Å². The maximum Gasteiger partial charge on any atom is 0.275 e. The van der Waals surface area contributed by atoms with Gasteiger partial charge in [0.05, 0.1) is 40.5 Å². The molecule has 2 N–H and O–H groups in total. The summed E-state index contributed by atoms with van der Waals surface area (Å²) in [7, 11) is 0. The Kier molecular flexibility index (Phi) is 10.4. The number of hydrogen-bond acceptors (Lipinski definition) is 4. The van der Waals surface area contributed by atoms with Gasteiger partial charge < -0.3 is 10.4 Å². The molecule has 6 nitrogen and oxygen atoms in total. The van der Waals surface area contributed by atoms with Crippen molar-refractivity contribution in [3.05, 3.63) is 128 Å². The summed E-state index contributed by atoms with van der Waals surface area (Å²) < 4.78 is 1.39. The van der Waals surface area contributed by atoms with Crippen LogP contribution in [0.15, 0.2) is 83.8 Å². The third kappa shape index (κ3) is 6.69. The Bertz CT molecular complexity index is 1370. The number of nitrogens with one attached hydrogen (secondary N) is 1. The normalized spacial score (nSPS) is 10.5. The molecule has 1 amide bonds. The van der Waals surface area contributed by atoms with Crippen molar-refractivity contribution in [2.24, 2.45) is 0 Å². The molecular weight excluding hydrogens is 574 g/mol. The van der Waals surface area contributed by atoms with Crippen LogP contribution in [0.5, 0.6) is 0 Å². The number of carbonyl (C=O) groups excluding carboxylic acids is 1. The van der Waals surface area contributed by atoms with E-state index in [4.69, 9.17) is 23.2 Å². The minimum absolute atomic E-state index is 0. The molecule has 0 aliphatic heterocycles. The molecule has 1 aromatic heterocycles. The van der Waals surface area contributed by atoms with Gasteiger partial charge in [-0.3, -0.25) is 9.59 Å². The van der Waals surface area contributed by atoms with E-state index in [-0.39, 0.29) is 66.4 Å². The van der Waals surface area contributed by atoms with Gasteiger partial charge >= 0.3 is 0 Å². The topological polar surface area (TPSA) is 84.2 Å². The summed E-state index contributed by atoms with van der Waals surface area (Å²) in [6.45, 7) is 1.66. The molecule has 0 saturated carbocycles. The molecule has 9 heteroatoms. The number of rotatable bonds is 8. The molecule has 1 heterocycles. The van der Waals surface area contributed by atoms with Gasteiger partial charge in [0.2, 0.25) is 5.91 Å². The summed E-state index contributed by atoms with van der Waals surface area (Å²) in [5, 5.41) is 17.3. The summed E-state index contributed by atoms with van der Waals surface area (Å²) in [5.41, 5.74) is 3.38. The smallest absolute Gasteiger partial charge is 0.275 e. The van der Waals surface area contributed by atoms with Gasteiger partial charge in [0.15, 0.2) is 0 Å². The number of nitrogens with zero attached hydrogens (tertiary/aromatic N) is 2. The van der Waals surface area contributed by atoms with Gasteiger partial charge in [-0.15, -0.1) is 6.42 Å². The van der Waals surface area contributed by atoms with Crippen LogP contribution in [0.25, 0.3) is 11.1 Å². The third-order valence-electron chi connectivity index (χ3n) is 5.47. The van der Waals surface area contributed by atoms with E-state index in [0.717, 1.165) is 11.1 Å². The summed E-state index contributed by atoms with van der Waals surface area (Å²) in [6, 6.07) is 21.8. The number of halogens is 2. The molecule has 1 radical (unpaired) electrons. The molecule has 0 atom stereocenters. The van der Waals surface area contributed by atoms with Crippen molar-refractivity contribution in [1.82, 2.24) is 15.1 Å². The van der Waals surface area contributed by atoms with Crippen molar-refractivity contribution in [1.29, 1.82) is 0 Å². The quantitative estimate of drug-likeness (QED) is 0.284. The molecule has 3 aromatic carbocycles. The zero-order valence-corrected chi connectivity index (χ0v) is 23.5. The number of aromatic nitrogens is 2. The first-order chi connectivity index (χ1) is 17.0. The van der Waals surface area contributed by atoms with Crippen LogP contribution in [0.1, 0.15) is 27.0 Å². The molecule has 36 heavy (non-hydrogen) atoms. The Hall–Kier alpha value is -2.35. The minimum atomic E-state index is -0.388. The van der Waals surface area contributed by atoms with Gasteiger partial charge in [0, 0.05) is 38.3 Å². The average Bonchev–Trinajstić information content (AvgIpc) is 2.86. The van der Waals surface area contributed by atoms with Crippen molar-refractivity contribution in [3.8, 4) is 11.1 Å². The number of aliphatic hydroxyl groups is 1. The van der Waals surface area contributed by atoms with Gasteiger partial charge in [-0.05, 0) is 23.3 Å². The summed E-state index contributed by atoms with van der Waals surface area (Å²) in [6.07, 6.45) is 1.98. The van der Waals surface area contributed by atoms with Crippen LogP contribution in [0, 0.1) is 6.54 Å². The Balaban J connectivity index is 0.00000361. The van der Waals surface area contributed by atoms with E-state index in [2.05, 4.69) is 10.4 Å². The predicted octanol–water partition coefficient (Wildman–Crippen LogP) is 4.89. The van der Waals surface area contributed by atoms with Gasteiger partial charge in [-0.25, -0.2) is 11.2 Å². The second-order valence-corrected chi connectivity index (χ2v) is 8.64. The van der Waals surface area contributed by atoms with Gasteiger partial charge in [0.1, 0.15) is 0 Å². The zero-order chi connectivity index (χ0) is 24.8. The van der Waals surface area contributed by atoms with Crippen LogP contribution in [-0.2, 0) is 52.3 Å². The number of amides is 1. The van der Waals surface area contributed by atoms with Crippen molar-refractivity contribution in [2.45, 2.75) is 19.6 Å². The molecule has 0 aliphatic carbocycles. The maximum atomic E-state index is 13.2. The number of carbonyl (C=O) groups is 1. The largest absolute Gasteiger partial charge is 0.501 e. The SMILES string of the molecule is O=C(N[CH-]Cc1ccc(-c2c(CO)cnn(Cc3ccccc3)c2=O)cc1)c1c(Cl)cccc1Cl.[Y]. The fraction of sp³-hybridized carbons (Fsp3) is 0.111. The molecular formula is C27H22Cl2N3O3Y-. The molecule has 0 bridgehead atoms. The van der Waals surface area contributed by atoms with E-state index in [1.54, 1.807) is 24.7 Å². The number of hydrogen-bond donors (Lipinski definition) is 2. The van der Waals surface area contributed by atoms with Crippen LogP contribution >= 0.6 is 23.2 Å². The summed E-state index contributed by atoms with van der Waals surface area (Å²) in [5.74, 6) is -0.388. The number of aliphatic hydroxyl groups excluding tert-OH is 1. The number of benzene rings is 3. The van der Waals surface area contributed by atoms with Crippen LogP contribution < -0.4 is 10.9 Å². The Morgan fingerprint density at radius 3 is 2.25 bits per heavy atom. The Morgan fingerprint density at radius 1 is 0.944 bits per heavy atom. The Labute approximate surface area is 244 Å². The molecule has 181 valence electrons. The summed E-state index contributed by atoms with van der Waals surface area (Å²) >= 11 is 12.2. The van der Waals surface area contributed by atoms with Crippen LogP contribution in [0.4, 0.5) is 0 Å². The molecule has 0 spiro atoms. The van der Waals surface area contributed by atoms with Gasteiger partial charge in [-0.2, -0.15) is 5.10 Å². The van der Waals surface area contributed by atoms with Crippen molar-refractivity contribution < 1.29 is 42.6 Å². The maximum absolute atomic E-state index is 13.2.